The van der Waals surface area contributed by atoms with Gasteiger partial charge in [-0.05, 0) is 37.8 Å². The molecular formula is C23H25N3O2S2. The zero-order chi connectivity index (χ0) is 20.7. The van der Waals surface area contributed by atoms with Gasteiger partial charge >= 0.3 is 0 Å². The number of hydrogen-bond acceptors (Lipinski definition) is 6. The molecule has 1 fully saturated rings. The molecule has 1 saturated carbocycles. The van der Waals surface area contributed by atoms with Gasteiger partial charge in [0.1, 0.15) is 4.83 Å². The Hall–Kier alpha value is -1.96. The van der Waals surface area contributed by atoms with Crippen molar-refractivity contribution in [2.75, 3.05) is 18.8 Å². The molecule has 1 aliphatic heterocycles. The summed E-state index contributed by atoms with van der Waals surface area (Å²) in [7, 11) is 0. The summed E-state index contributed by atoms with van der Waals surface area (Å²) in [6, 6.07) is 9.57. The second-order valence-corrected chi connectivity index (χ2v) is 10.1. The SMILES string of the molecule is CCCN1CCc2c(sc3nc(SCC(=O)c4ccccc4)n(C4CC4)c(=O)c23)C1. The van der Waals surface area contributed by atoms with Crippen LogP contribution in [0.15, 0.2) is 40.3 Å². The summed E-state index contributed by atoms with van der Waals surface area (Å²) in [5, 5.41) is 1.53. The van der Waals surface area contributed by atoms with E-state index in [0.717, 1.165) is 55.5 Å². The van der Waals surface area contributed by atoms with E-state index in [-0.39, 0.29) is 17.4 Å². The Bertz CT molecular complexity index is 1150. The smallest absolute Gasteiger partial charge is 0.263 e. The molecule has 0 spiro atoms. The first-order chi connectivity index (χ1) is 14.7. The number of carbonyl (C=O) groups is 1. The molecule has 0 radical (unpaired) electrons. The number of hydrogen-bond donors (Lipinski definition) is 0. The van der Waals surface area contributed by atoms with Crippen molar-refractivity contribution in [2.45, 2.75) is 50.4 Å². The molecule has 0 saturated heterocycles. The third-order valence-corrected chi connectivity index (χ3v) is 7.90. The van der Waals surface area contributed by atoms with Gasteiger partial charge in [-0.15, -0.1) is 11.3 Å². The van der Waals surface area contributed by atoms with E-state index in [1.807, 2.05) is 34.9 Å². The molecule has 156 valence electrons. The third-order valence-electron chi connectivity index (χ3n) is 5.83. The predicted octanol–water partition coefficient (Wildman–Crippen LogP) is 4.54. The molecule has 5 rings (SSSR count). The van der Waals surface area contributed by atoms with E-state index in [1.54, 1.807) is 11.3 Å². The molecular weight excluding hydrogens is 414 g/mol. The lowest BCUT2D eigenvalue weighted by atomic mass is 10.1. The van der Waals surface area contributed by atoms with E-state index in [1.165, 1.54) is 22.2 Å². The Balaban J connectivity index is 1.49. The number of nitrogens with zero attached hydrogens (tertiary/aromatic N) is 3. The van der Waals surface area contributed by atoms with E-state index in [4.69, 9.17) is 4.98 Å². The lowest BCUT2D eigenvalue weighted by Gasteiger charge is -2.26. The van der Waals surface area contributed by atoms with Crippen LogP contribution in [0.3, 0.4) is 0 Å². The van der Waals surface area contributed by atoms with Gasteiger partial charge in [0.05, 0.1) is 11.1 Å². The maximum Gasteiger partial charge on any atom is 0.263 e. The molecule has 1 aromatic carbocycles. The van der Waals surface area contributed by atoms with Crippen LogP contribution in [0.5, 0.6) is 0 Å². The lowest BCUT2D eigenvalue weighted by Crippen LogP contribution is -2.31. The molecule has 2 aliphatic rings. The van der Waals surface area contributed by atoms with Gasteiger partial charge in [-0.1, -0.05) is 49.0 Å². The number of thiophene rings is 1. The first-order valence-corrected chi connectivity index (χ1v) is 12.5. The molecule has 1 aliphatic carbocycles. The maximum atomic E-state index is 13.5. The van der Waals surface area contributed by atoms with Gasteiger partial charge < -0.3 is 0 Å². The number of rotatable bonds is 7. The Morgan fingerprint density at radius 1 is 1.27 bits per heavy atom. The van der Waals surface area contributed by atoms with Crippen molar-refractivity contribution in [3.8, 4) is 0 Å². The Morgan fingerprint density at radius 3 is 2.80 bits per heavy atom. The number of ketones is 1. The fourth-order valence-electron chi connectivity index (χ4n) is 4.19. The highest BCUT2D eigenvalue weighted by Crippen LogP contribution is 2.39. The zero-order valence-electron chi connectivity index (χ0n) is 17.1. The number of aromatic nitrogens is 2. The van der Waals surface area contributed by atoms with Gasteiger partial charge in [-0.25, -0.2) is 4.98 Å². The standard InChI is InChI=1S/C23H25N3O2S2/c1-2-11-25-12-10-17-19(13-25)30-21-20(17)22(28)26(16-8-9-16)23(24-21)29-14-18(27)15-6-4-3-5-7-15/h3-7,16H,2,8-14H2,1H3. The average Bonchev–Trinajstić information content (AvgIpc) is 3.52. The van der Waals surface area contributed by atoms with Gasteiger partial charge in [-0.2, -0.15) is 0 Å². The summed E-state index contributed by atoms with van der Waals surface area (Å²) in [6.45, 7) is 5.23. The maximum absolute atomic E-state index is 13.5. The van der Waals surface area contributed by atoms with Crippen LogP contribution >= 0.6 is 23.1 Å². The van der Waals surface area contributed by atoms with Crippen LogP contribution in [0.2, 0.25) is 0 Å². The minimum absolute atomic E-state index is 0.0676. The summed E-state index contributed by atoms with van der Waals surface area (Å²) in [5.74, 6) is 0.363. The molecule has 3 aromatic rings. The van der Waals surface area contributed by atoms with Crippen LogP contribution in [0.25, 0.3) is 10.2 Å². The molecule has 0 amide bonds. The van der Waals surface area contributed by atoms with Crippen LogP contribution < -0.4 is 5.56 Å². The molecule has 0 N–H and O–H groups in total. The fourth-order valence-corrected chi connectivity index (χ4v) is 6.45. The third kappa shape index (κ3) is 3.74. The number of Topliss-reactive ketones (excluding diaryl/α,β-unsaturated/α-hetero) is 1. The van der Waals surface area contributed by atoms with Gasteiger partial charge in [0.25, 0.3) is 5.56 Å². The van der Waals surface area contributed by atoms with Gasteiger partial charge in [-0.3, -0.25) is 19.1 Å². The summed E-state index contributed by atoms with van der Waals surface area (Å²) in [4.78, 5) is 35.6. The summed E-state index contributed by atoms with van der Waals surface area (Å²) in [6.07, 6.45) is 4.10. The first-order valence-electron chi connectivity index (χ1n) is 10.7. The molecule has 0 atom stereocenters. The van der Waals surface area contributed by atoms with Gasteiger partial charge in [0.2, 0.25) is 0 Å². The van der Waals surface area contributed by atoms with Crippen LogP contribution in [-0.2, 0) is 13.0 Å². The molecule has 5 nitrogen and oxygen atoms in total. The van der Waals surface area contributed by atoms with Crippen molar-refractivity contribution >= 4 is 39.1 Å². The molecule has 0 unspecified atom stereocenters. The Kier molecular flexibility index (Phi) is 5.52. The Labute approximate surface area is 184 Å². The van der Waals surface area contributed by atoms with E-state index in [2.05, 4.69) is 11.8 Å². The van der Waals surface area contributed by atoms with Gasteiger partial charge in [0.15, 0.2) is 10.9 Å². The second-order valence-electron chi connectivity index (χ2n) is 8.09. The summed E-state index contributed by atoms with van der Waals surface area (Å²) in [5.41, 5.74) is 2.01. The molecule has 0 bridgehead atoms. The monoisotopic (exact) mass is 439 g/mol. The van der Waals surface area contributed by atoms with E-state index >= 15 is 0 Å². The Morgan fingerprint density at radius 2 is 2.07 bits per heavy atom. The van der Waals surface area contributed by atoms with E-state index in [9.17, 15) is 9.59 Å². The predicted molar refractivity (Wildman–Crippen MR) is 123 cm³/mol. The number of thioether (sulfide) groups is 1. The minimum atomic E-state index is 0.0676. The van der Waals surface area contributed by atoms with Crippen molar-refractivity contribution in [1.82, 2.24) is 14.5 Å². The molecule has 3 heterocycles. The highest BCUT2D eigenvalue weighted by atomic mass is 32.2. The summed E-state index contributed by atoms with van der Waals surface area (Å²) >= 11 is 3.07. The lowest BCUT2D eigenvalue weighted by molar-refractivity contribution is 0.102. The first kappa shape index (κ1) is 20.0. The highest BCUT2D eigenvalue weighted by molar-refractivity contribution is 7.99. The fraction of sp³-hybridized carbons (Fsp3) is 0.435. The number of carbonyl (C=O) groups excluding carboxylic acids is 1. The van der Waals surface area contributed by atoms with Crippen LogP contribution in [-0.4, -0.2) is 39.1 Å². The largest absolute Gasteiger partial charge is 0.298 e. The molecule has 7 heteroatoms. The minimum Gasteiger partial charge on any atom is -0.298 e. The van der Waals surface area contributed by atoms with Crippen molar-refractivity contribution in [3.63, 3.8) is 0 Å². The average molecular weight is 440 g/mol. The highest BCUT2D eigenvalue weighted by Gasteiger charge is 2.31. The number of fused-ring (bicyclic) bond motifs is 3. The van der Waals surface area contributed by atoms with Crippen molar-refractivity contribution in [1.29, 1.82) is 0 Å². The van der Waals surface area contributed by atoms with Crippen LogP contribution in [0.4, 0.5) is 0 Å². The van der Waals surface area contributed by atoms with Crippen LogP contribution in [0.1, 0.15) is 53.0 Å². The van der Waals surface area contributed by atoms with Crippen molar-refractivity contribution in [2.24, 2.45) is 0 Å². The molecule has 30 heavy (non-hydrogen) atoms. The van der Waals surface area contributed by atoms with Crippen LogP contribution in [0, 0.1) is 0 Å². The number of benzene rings is 1. The van der Waals surface area contributed by atoms with E-state index in [0.29, 0.717) is 16.5 Å². The van der Waals surface area contributed by atoms with Crippen molar-refractivity contribution in [3.05, 3.63) is 56.7 Å². The summed E-state index contributed by atoms with van der Waals surface area (Å²) < 4.78 is 1.87. The van der Waals surface area contributed by atoms with Crippen molar-refractivity contribution < 1.29 is 4.79 Å². The zero-order valence-corrected chi connectivity index (χ0v) is 18.7. The quantitative estimate of drug-likeness (QED) is 0.307. The second kappa shape index (κ2) is 8.29. The van der Waals surface area contributed by atoms with E-state index < -0.39 is 0 Å². The molecule has 2 aromatic heterocycles. The van der Waals surface area contributed by atoms with Gasteiger partial charge in [0, 0.05) is 29.6 Å². The topological polar surface area (TPSA) is 55.2 Å². The normalized spacial score (nSPS) is 16.7.